The summed E-state index contributed by atoms with van der Waals surface area (Å²) < 4.78 is 31.7. The summed E-state index contributed by atoms with van der Waals surface area (Å²) in [5.74, 6) is 0.418. The number of amides is 1. The lowest BCUT2D eigenvalue weighted by molar-refractivity contribution is -0.143. The highest BCUT2D eigenvalue weighted by molar-refractivity contribution is 6.18. The molecule has 5 rings (SSSR count). The van der Waals surface area contributed by atoms with Crippen molar-refractivity contribution in [2.45, 2.75) is 64.4 Å². The molecule has 2 saturated heterocycles. The first-order chi connectivity index (χ1) is 18.4. The van der Waals surface area contributed by atoms with Gasteiger partial charge in [-0.2, -0.15) is 0 Å². The fourth-order valence-corrected chi connectivity index (χ4v) is 5.65. The first-order valence-electron chi connectivity index (χ1n) is 13.4. The Morgan fingerprint density at radius 3 is 2.95 bits per heavy atom. The number of carbonyl (C=O) groups excluding carboxylic acids is 1. The summed E-state index contributed by atoms with van der Waals surface area (Å²) in [5.41, 5.74) is 2.72. The van der Waals surface area contributed by atoms with Gasteiger partial charge >= 0.3 is 0 Å². The number of alkyl halides is 1. The fourth-order valence-electron chi connectivity index (χ4n) is 5.34. The van der Waals surface area contributed by atoms with E-state index in [0.717, 1.165) is 31.6 Å². The van der Waals surface area contributed by atoms with Crippen molar-refractivity contribution < 1.29 is 23.4 Å². The summed E-state index contributed by atoms with van der Waals surface area (Å²) in [6.07, 6.45) is 3.92. The van der Waals surface area contributed by atoms with Crippen molar-refractivity contribution in [3.63, 3.8) is 0 Å². The Morgan fingerprint density at radius 2 is 2.24 bits per heavy atom. The van der Waals surface area contributed by atoms with E-state index in [0.29, 0.717) is 54.8 Å². The molecule has 206 valence electrons. The van der Waals surface area contributed by atoms with Crippen LogP contribution < -0.4 is 15.5 Å². The lowest BCUT2D eigenvalue weighted by Crippen LogP contribution is -2.44. The van der Waals surface area contributed by atoms with Crippen LogP contribution >= 0.6 is 11.6 Å². The van der Waals surface area contributed by atoms with Crippen LogP contribution in [0.2, 0.25) is 0 Å². The third kappa shape index (κ3) is 6.06. The molecule has 0 aliphatic carbocycles. The molecule has 3 atom stereocenters. The predicted molar refractivity (Wildman–Crippen MR) is 146 cm³/mol. The van der Waals surface area contributed by atoms with E-state index in [-0.39, 0.29) is 30.1 Å². The molecule has 1 aromatic carbocycles. The first-order valence-corrected chi connectivity index (χ1v) is 13.9. The summed E-state index contributed by atoms with van der Waals surface area (Å²) in [7, 11) is 0. The van der Waals surface area contributed by atoms with Crippen LogP contribution in [0.5, 0.6) is 0 Å². The van der Waals surface area contributed by atoms with Crippen LogP contribution in [0.15, 0.2) is 30.5 Å². The minimum atomic E-state index is -0.603. The van der Waals surface area contributed by atoms with Gasteiger partial charge in [-0.25, -0.2) is 9.37 Å². The van der Waals surface area contributed by atoms with E-state index < -0.39 is 11.9 Å². The zero-order chi connectivity index (χ0) is 26.7. The van der Waals surface area contributed by atoms with E-state index in [9.17, 15) is 9.18 Å². The van der Waals surface area contributed by atoms with Crippen LogP contribution in [0.3, 0.4) is 0 Å². The summed E-state index contributed by atoms with van der Waals surface area (Å²) in [4.78, 5) is 19.8. The molecule has 2 fully saturated rings. The number of hydrogen-bond donors (Lipinski definition) is 2. The van der Waals surface area contributed by atoms with Crippen molar-refractivity contribution in [3.05, 3.63) is 41.8 Å². The molecular formula is C28H36ClFN4O4. The molecule has 0 bridgehead atoms. The minimum Gasteiger partial charge on any atom is -0.384 e. The summed E-state index contributed by atoms with van der Waals surface area (Å²) >= 11 is 6.35. The van der Waals surface area contributed by atoms with Crippen molar-refractivity contribution in [1.82, 2.24) is 4.98 Å². The predicted octanol–water partition coefficient (Wildman–Crippen LogP) is 5.23. The Kier molecular flexibility index (Phi) is 8.38. The standard InChI is InChI=1S/C28H36ClFN4O4/c1-18(2)38-22-5-7-25(37-14-22)27(35)34-13-19-10-20(30)12-31-26(19)33-23-6-4-21(11-24(23)34)32-16-28(15-29)8-3-9-36-17-28/h4,6,10-12,18,22,25,32H,3,5,7-9,13-17H2,1-2H3,(H,31,33)/t22-,25+,28?/m0/s1. The van der Waals surface area contributed by atoms with Gasteiger partial charge in [-0.05, 0) is 63.8 Å². The smallest absolute Gasteiger partial charge is 0.256 e. The number of hydrogen-bond acceptors (Lipinski definition) is 7. The number of carbonyl (C=O) groups is 1. The minimum absolute atomic E-state index is 0.0232. The van der Waals surface area contributed by atoms with Gasteiger partial charge in [-0.15, -0.1) is 11.6 Å². The normalized spacial score (nSPS) is 25.2. The number of halogens is 2. The Hall–Kier alpha value is -2.46. The molecule has 1 amide bonds. The number of ether oxygens (including phenoxy) is 3. The highest BCUT2D eigenvalue weighted by Crippen LogP contribution is 2.39. The van der Waals surface area contributed by atoms with Crippen LogP contribution in [0.1, 0.15) is 45.1 Å². The molecule has 0 spiro atoms. The van der Waals surface area contributed by atoms with E-state index >= 15 is 0 Å². The van der Waals surface area contributed by atoms with Crippen molar-refractivity contribution in [2.24, 2.45) is 5.41 Å². The molecule has 8 nitrogen and oxygen atoms in total. The summed E-state index contributed by atoms with van der Waals surface area (Å²) in [6, 6.07) is 7.24. The number of rotatable bonds is 7. The Labute approximate surface area is 228 Å². The van der Waals surface area contributed by atoms with E-state index in [1.165, 1.54) is 12.3 Å². The van der Waals surface area contributed by atoms with Gasteiger partial charge in [0.15, 0.2) is 0 Å². The maximum atomic E-state index is 14.1. The Morgan fingerprint density at radius 1 is 1.37 bits per heavy atom. The number of nitrogens with one attached hydrogen (secondary N) is 2. The topological polar surface area (TPSA) is 85.0 Å². The molecule has 0 radical (unpaired) electrons. The van der Waals surface area contributed by atoms with Gasteiger partial charge in [-0.3, -0.25) is 4.79 Å². The quantitative estimate of drug-likeness (QED) is 0.460. The van der Waals surface area contributed by atoms with Crippen LogP contribution in [0.4, 0.5) is 27.3 Å². The third-order valence-corrected chi connectivity index (χ3v) is 7.97. The van der Waals surface area contributed by atoms with Crippen LogP contribution in [-0.2, 0) is 25.5 Å². The average molecular weight is 547 g/mol. The molecule has 0 saturated carbocycles. The molecule has 38 heavy (non-hydrogen) atoms. The van der Waals surface area contributed by atoms with Crippen LogP contribution in [-0.4, -0.2) is 61.4 Å². The molecule has 2 N–H and O–H groups in total. The van der Waals surface area contributed by atoms with E-state index in [4.69, 9.17) is 25.8 Å². The number of anilines is 4. The highest BCUT2D eigenvalue weighted by atomic mass is 35.5. The van der Waals surface area contributed by atoms with Crippen molar-refractivity contribution in [1.29, 1.82) is 0 Å². The van der Waals surface area contributed by atoms with Gasteiger partial charge in [0.2, 0.25) is 0 Å². The van der Waals surface area contributed by atoms with Gasteiger partial charge in [0.1, 0.15) is 17.7 Å². The van der Waals surface area contributed by atoms with Gasteiger partial charge in [0.05, 0.1) is 49.5 Å². The molecule has 10 heteroatoms. The lowest BCUT2D eigenvalue weighted by Gasteiger charge is -2.36. The van der Waals surface area contributed by atoms with Gasteiger partial charge in [0, 0.05) is 35.7 Å². The van der Waals surface area contributed by atoms with Crippen LogP contribution in [0, 0.1) is 11.2 Å². The molecule has 3 aliphatic rings. The van der Waals surface area contributed by atoms with E-state index in [2.05, 4.69) is 15.6 Å². The Bertz CT molecular complexity index is 1140. The maximum absolute atomic E-state index is 14.1. The van der Waals surface area contributed by atoms with Gasteiger partial charge < -0.3 is 29.7 Å². The number of aromatic nitrogens is 1. The van der Waals surface area contributed by atoms with Gasteiger partial charge in [0.25, 0.3) is 5.91 Å². The zero-order valence-corrected chi connectivity index (χ0v) is 22.7. The molecule has 3 aliphatic heterocycles. The number of nitrogens with zero attached hydrogens (tertiary/aromatic N) is 2. The second-order valence-corrected chi connectivity index (χ2v) is 11.1. The average Bonchev–Trinajstić information content (AvgIpc) is 3.08. The summed E-state index contributed by atoms with van der Waals surface area (Å²) in [5, 5.41) is 6.81. The van der Waals surface area contributed by atoms with Crippen molar-refractivity contribution in [2.75, 3.05) is 47.8 Å². The van der Waals surface area contributed by atoms with Crippen molar-refractivity contribution >= 4 is 40.4 Å². The molecule has 2 aromatic rings. The fraction of sp³-hybridized carbons (Fsp3) is 0.571. The summed E-state index contributed by atoms with van der Waals surface area (Å²) in [6.45, 7) is 6.57. The molecule has 4 heterocycles. The number of benzene rings is 1. The van der Waals surface area contributed by atoms with Gasteiger partial charge in [-0.1, -0.05) is 0 Å². The zero-order valence-electron chi connectivity index (χ0n) is 22.0. The maximum Gasteiger partial charge on any atom is 0.256 e. The Balaban J connectivity index is 1.40. The highest BCUT2D eigenvalue weighted by Gasteiger charge is 2.35. The monoisotopic (exact) mass is 546 g/mol. The third-order valence-electron chi connectivity index (χ3n) is 7.40. The molecular weight excluding hydrogens is 511 g/mol. The van der Waals surface area contributed by atoms with E-state index in [1.54, 1.807) is 4.90 Å². The van der Waals surface area contributed by atoms with Crippen LogP contribution in [0.25, 0.3) is 0 Å². The number of pyridine rings is 1. The van der Waals surface area contributed by atoms with E-state index in [1.807, 2.05) is 32.0 Å². The first kappa shape index (κ1) is 27.1. The largest absolute Gasteiger partial charge is 0.384 e. The molecule has 1 unspecified atom stereocenters. The lowest BCUT2D eigenvalue weighted by atomic mass is 9.84. The second kappa shape index (κ2) is 11.7. The van der Waals surface area contributed by atoms with Crippen molar-refractivity contribution in [3.8, 4) is 0 Å². The second-order valence-electron chi connectivity index (χ2n) is 10.8. The SMILES string of the molecule is CC(C)O[C@H]1CC[C@H](C(=O)N2Cc3cc(F)cnc3Nc3ccc(NCC4(CCl)CCCOC4)cc32)OC1. The number of fused-ring (bicyclic) bond motifs is 2. The molecule has 1 aromatic heterocycles.